The Balaban J connectivity index is 3.06. The molecule has 0 saturated carbocycles. The summed E-state index contributed by atoms with van der Waals surface area (Å²) in [6.45, 7) is 1.99. The van der Waals surface area contributed by atoms with Gasteiger partial charge in [-0.2, -0.15) is 0 Å². The number of hydrogen-bond acceptors (Lipinski definition) is 5. The number of nitrogens with two attached hydrogens (primary N) is 1. The maximum absolute atomic E-state index is 12.1. The molecule has 0 heterocycles. The topological polar surface area (TPSA) is 118 Å². The van der Waals surface area contributed by atoms with Gasteiger partial charge in [-0.05, 0) is 30.7 Å². The Bertz CT molecular complexity index is 701. The third-order valence-corrected chi connectivity index (χ3v) is 4.25. The standard InChI is InChI=1S/C14H16N2O5S/c1-2-3-4-5-11-6-8-12(9-7-11)22(20,21)16(19)13(10-17)14(15)18/h6-10,13,19H,2-3H2,1H3,(H2,15,18)/t13-/m1/s1. The molecule has 0 aliphatic heterocycles. The highest BCUT2D eigenvalue weighted by molar-refractivity contribution is 7.89. The van der Waals surface area contributed by atoms with Gasteiger partial charge in [0.25, 0.3) is 10.0 Å². The van der Waals surface area contributed by atoms with Crippen LogP contribution in [0.15, 0.2) is 29.2 Å². The van der Waals surface area contributed by atoms with E-state index in [2.05, 4.69) is 11.8 Å². The molecule has 0 aliphatic rings. The summed E-state index contributed by atoms with van der Waals surface area (Å²) in [7, 11) is -4.43. The van der Waals surface area contributed by atoms with Gasteiger partial charge in [0, 0.05) is 12.0 Å². The second-order valence-electron chi connectivity index (χ2n) is 4.34. The van der Waals surface area contributed by atoms with E-state index in [1.807, 2.05) is 6.92 Å². The minimum absolute atomic E-state index is 0.0511. The lowest BCUT2D eigenvalue weighted by Crippen LogP contribution is -2.47. The molecule has 118 valence electrons. The summed E-state index contributed by atoms with van der Waals surface area (Å²) >= 11 is 0. The van der Waals surface area contributed by atoms with E-state index in [0.717, 1.165) is 12.8 Å². The minimum atomic E-state index is -4.43. The van der Waals surface area contributed by atoms with Crippen LogP contribution in [0.25, 0.3) is 0 Å². The van der Waals surface area contributed by atoms with Crippen molar-refractivity contribution >= 4 is 22.2 Å². The second kappa shape index (κ2) is 7.70. The first kappa shape index (κ1) is 17.8. The number of aldehydes is 1. The van der Waals surface area contributed by atoms with Gasteiger partial charge in [0.15, 0.2) is 6.04 Å². The monoisotopic (exact) mass is 324 g/mol. The number of unbranched alkanes of at least 4 members (excludes halogenated alkanes) is 1. The average Bonchev–Trinajstić information content (AvgIpc) is 2.48. The maximum atomic E-state index is 12.1. The zero-order valence-corrected chi connectivity index (χ0v) is 12.7. The number of carbonyl (C=O) groups excluding carboxylic acids is 2. The largest absolute Gasteiger partial charge is 0.368 e. The first-order valence-electron chi connectivity index (χ1n) is 6.41. The number of benzene rings is 1. The molecular weight excluding hydrogens is 308 g/mol. The first-order chi connectivity index (χ1) is 10.3. The predicted molar refractivity (Wildman–Crippen MR) is 78.1 cm³/mol. The number of carbonyl (C=O) groups is 2. The van der Waals surface area contributed by atoms with E-state index in [4.69, 9.17) is 5.73 Å². The molecule has 1 atom stereocenters. The molecule has 1 amide bonds. The first-order valence-corrected chi connectivity index (χ1v) is 7.85. The Morgan fingerprint density at radius 3 is 2.45 bits per heavy atom. The molecule has 0 unspecified atom stereocenters. The van der Waals surface area contributed by atoms with Crippen molar-refractivity contribution in [1.82, 2.24) is 4.47 Å². The lowest BCUT2D eigenvalue weighted by molar-refractivity contribution is -0.137. The van der Waals surface area contributed by atoms with Crippen molar-refractivity contribution in [2.75, 3.05) is 0 Å². The minimum Gasteiger partial charge on any atom is -0.368 e. The SMILES string of the molecule is CCCC#Cc1ccc(S(=O)(=O)N(O)[C@H](C=O)C(N)=O)cc1. The molecule has 0 fully saturated rings. The molecule has 22 heavy (non-hydrogen) atoms. The lowest BCUT2D eigenvalue weighted by Gasteiger charge is -2.18. The summed E-state index contributed by atoms with van der Waals surface area (Å²) in [6, 6.07) is 3.39. The fraction of sp³-hybridized carbons (Fsp3) is 0.286. The summed E-state index contributed by atoms with van der Waals surface area (Å²) in [5.74, 6) is 4.49. The zero-order chi connectivity index (χ0) is 16.8. The van der Waals surface area contributed by atoms with Crippen molar-refractivity contribution in [2.24, 2.45) is 5.73 Å². The van der Waals surface area contributed by atoms with Crippen LogP contribution in [0.1, 0.15) is 25.3 Å². The van der Waals surface area contributed by atoms with Gasteiger partial charge in [-0.15, -0.1) is 0 Å². The van der Waals surface area contributed by atoms with E-state index < -0.39 is 22.0 Å². The van der Waals surface area contributed by atoms with E-state index in [-0.39, 0.29) is 15.7 Å². The Labute approximate surface area is 128 Å². The molecule has 0 bridgehead atoms. The van der Waals surface area contributed by atoms with E-state index >= 15 is 0 Å². The van der Waals surface area contributed by atoms with Gasteiger partial charge >= 0.3 is 0 Å². The molecule has 1 aromatic carbocycles. The average molecular weight is 324 g/mol. The molecule has 0 aromatic heterocycles. The van der Waals surface area contributed by atoms with Crippen molar-refractivity contribution in [2.45, 2.75) is 30.7 Å². The van der Waals surface area contributed by atoms with Crippen LogP contribution < -0.4 is 5.73 Å². The van der Waals surface area contributed by atoms with Crippen molar-refractivity contribution in [3.63, 3.8) is 0 Å². The molecule has 8 heteroatoms. The highest BCUT2D eigenvalue weighted by Gasteiger charge is 2.33. The van der Waals surface area contributed by atoms with Crippen molar-refractivity contribution in [1.29, 1.82) is 0 Å². The molecule has 3 N–H and O–H groups in total. The number of primary amides is 1. The zero-order valence-electron chi connectivity index (χ0n) is 11.9. The summed E-state index contributed by atoms with van der Waals surface area (Å²) in [5, 5.41) is 9.59. The quantitative estimate of drug-likeness (QED) is 0.337. The molecule has 7 nitrogen and oxygen atoms in total. The highest BCUT2D eigenvalue weighted by Crippen LogP contribution is 2.16. The third kappa shape index (κ3) is 4.14. The van der Waals surface area contributed by atoms with Crippen LogP contribution in [0.4, 0.5) is 0 Å². The van der Waals surface area contributed by atoms with E-state index in [1.54, 1.807) is 0 Å². The van der Waals surface area contributed by atoms with Gasteiger partial charge < -0.3 is 10.5 Å². The normalized spacial score (nSPS) is 12.3. The van der Waals surface area contributed by atoms with Crippen LogP contribution in [0.2, 0.25) is 0 Å². The van der Waals surface area contributed by atoms with Gasteiger partial charge in [0.05, 0.1) is 4.90 Å². The van der Waals surface area contributed by atoms with Crippen LogP contribution in [-0.2, 0) is 19.6 Å². The molecule has 0 radical (unpaired) electrons. The lowest BCUT2D eigenvalue weighted by atomic mass is 10.2. The Kier molecular flexibility index (Phi) is 6.24. The predicted octanol–water partition coefficient (Wildman–Crippen LogP) is 0.271. The number of hydrogen-bond donors (Lipinski definition) is 2. The van der Waals surface area contributed by atoms with Gasteiger partial charge in [-0.25, -0.2) is 8.42 Å². The van der Waals surface area contributed by atoms with Gasteiger partial charge in [-0.3, -0.25) is 10.0 Å². The number of amides is 1. The summed E-state index contributed by atoms with van der Waals surface area (Å²) in [6.07, 6.45) is 1.59. The van der Waals surface area contributed by atoms with Crippen molar-refractivity contribution in [3.05, 3.63) is 29.8 Å². The number of sulfonamides is 1. The summed E-state index contributed by atoms with van der Waals surface area (Å²) < 4.78 is 23.8. The molecule has 0 spiro atoms. The van der Waals surface area contributed by atoms with E-state index in [9.17, 15) is 23.2 Å². The van der Waals surface area contributed by atoms with Crippen molar-refractivity contribution < 1.29 is 23.2 Å². The van der Waals surface area contributed by atoms with Crippen molar-refractivity contribution in [3.8, 4) is 11.8 Å². The van der Waals surface area contributed by atoms with Gasteiger partial charge in [0.1, 0.15) is 6.29 Å². The fourth-order valence-electron chi connectivity index (χ4n) is 1.49. The Hall–Kier alpha value is -2.21. The second-order valence-corrected chi connectivity index (χ2v) is 6.13. The Morgan fingerprint density at radius 2 is 2.00 bits per heavy atom. The van der Waals surface area contributed by atoms with Crippen LogP contribution >= 0.6 is 0 Å². The summed E-state index contributed by atoms with van der Waals surface area (Å²) in [5.41, 5.74) is 5.47. The molecule has 1 rings (SSSR count). The van der Waals surface area contributed by atoms with Crippen LogP contribution in [-0.4, -0.2) is 36.3 Å². The third-order valence-electron chi connectivity index (χ3n) is 2.66. The van der Waals surface area contributed by atoms with Crippen LogP contribution in [0.3, 0.4) is 0 Å². The maximum Gasteiger partial charge on any atom is 0.265 e. The Morgan fingerprint density at radius 1 is 1.41 bits per heavy atom. The number of nitrogens with zero attached hydrogens (tertiary/aromatic N) is 1. The number of rotatable bonds is 6. The van der Waals surface area contributed by atoms with Crippen LogP contribution in [0.5, 0.6) is 0 Å². The molecule has 1 aromatic rings. The molecule has 0 aliphatic carbocycles. The highest BCUT2D eigenvalue weighted by atomic mass is 32.2. The van der Waals surface area contributed by atoms with Gasteiger partial charge in [0.2, 0.25) is 5.91 Å². The van der Waals surface area contributed by atoms with Crippen LogP contribution in [0, 0.1) is 11.8 Å². The fourth-order valence-corrected chi connectivity index (χ4v) is 2.63. The van der Waals surface area contributed by atoms with Gasteiger partial charge in [-0.1, -0.05) is 23.2 Å². The van der Waals surface area contributed by atoms with E-state index in [1.165, 1.54) is 24.3 Å². The molecular formula is C14H16N2O5S. The number of hydroxylamine groups is 1. The smallest absolute Gasteiger partial charge is 0.265 e. The summed E-state index contributed by atoms with van der Waals surface area (Å²) in [4.78, 5) is 21.4. The van der Waals surface area contributed by atoms with E-state index in [0.29, 0.717) is 5.56 Å². The molecule has 0 saturated heterocycles.